The number of fused-ring (bicyclic) bond motifs is 1. The van der Waals surface area contributed by atoms with E-state index in [0.29, 0.717) is 58.9 Å². The minimum atomic E-state index is -0.125. The zero-order chi connectivity index (χ0) is 23.3. The minimum Gasteiger partial charge on any atom is -0.507 e. The fraction of sp³-hybridized carbons (Fsp3) is 0.308. The van der Waals surface area contributed by atoms with Crippen molar-refractivity contribution in [2.24, 2.45) is 5.41 Å². The average Bonchev–Trinajstić information content (AvgIpc) is 3.27. The Balaban J connectivity index is 1.55. The highest BCUT2D eigenvalue weighted by atomic mass is 16.5. The monoisotopic (exact) mass is 446 g/mol. The van der Waals surface area contributed by atoms with Crippen molar-refractivity contribution in [3.63, 3.8) is 0 Å². The lowest BCUT2D eigenvalue weighted by Gasteiger charge is -2.34. The zero-order valence-corrected chi connectivity index (χ0v) is 19.1. The highest BCUT2D eigenvalue weighted by Crippen LogP contribution is 2.48. The minimum absolute atomic E-state index is 0.0858. The Labute approximate surface area is 192 Å². The van der Waals surface area contributed by atoms with Crippen LogP contribution in [0.3, 0.4) is 0 Å². The van der Waals surface area contributed by atoms with Crippen LogP contribution in [0.4, 0.5) is 0 Å². The van der Waals surface area contributed by atoms with Crippen molar-refractivity contribution >= 4 is 5.78 Å². The maximum atomic E-state index is 12.8. The number of ketones is 1. The molecule has 0 spiro atoms. The molecule has 5 rings (SSSR count). The van der Waals surface area contributed by atoms with E-state index in [1.165, 1.54) is 0 Å². The third-order valence-corrected chi connectivity index (χ3v) is 6.38. The van der Waals surface area contributed by atoms with Crippen molar-refractivity contribution in [2.45, 2.75) is 33.1 Å². The van der Waals surface area contributed by atoms with E-state index in [1.54, 1.807) is 20.4 Å². The van der Waals surface area contributed by atoms with Crippen LogP contribution in [0.2, 0.25) is 0 Å². The van der Waals surface area contributed by atoms with Crippen LogP contribution >= 0.6 is 0 Å². The Bertz CT molecular complexity index is 1300. The maximum Gasteiger partial charge on any atom is 0.163 e. The molecule has 7 heteroatoms. The van der Waals surface area contributed by atoms with E-state index >= 15 is 0 Å². The van der Waals surface area contributed by atoms with E-state index in [9.17, 15) is 9.90 Å². The van der Waals surface area contributed by atoms with Gasteiger partial charge < -0.3 is 19.3 Å². The number of rotatable bonds is 4. The van der Waals surface area contributed by atoms with E-state index in [1.807, 2.05) is 30.3 Å². The number of H-pyrrole nitrogens is 1. The summed E-state index contributed by atoms with van der Waals surface area (Å²) in [5.74, 6) is 2.72. The summed E-state index contributed by atoms with van der Waals surface area (Å²) < 4.78 is 16.9. The molecule has 0 saturated carbocycles. The van der Waals surface area contributed by atoms with Crippen molar-refractivity contribution in [1.29, 1.82) is 0 Å². The Kier molecular flexibility index (Phi) is 4.92. The van der Waals surface area contributed by atoms with Crippen LogP contribution in [0.15, 0.2) is 47.9 Å². The molecule has 2 aromatic carbocycles. The van der Waals surface area contributed by atoms with Gasteiger partial charge in [0.1, 0.15) is 17.3 Å². The Hall–Kier alpha value is -3.74. The number of nitrogens with zero attached hydrogens (tertiary/aromatic N) is 1. The van der Waals surface area contributed by atoms with E-state index in [4.69, 9.17) is 14.2 Å². The van der Waals surface area contributed by atoms with Gasteiger partial charge in [0.05, 0.1) is 26.1 Å². The Morgan fingerprint density at radius 1 is 1.06 bits per heavy atom. The summed E-state index contributed by atoms with van der Waals surface area (Å²) in [7, 11) is 3.18. The fourth-order valence-corrected chi connectivity index (χ4v) is 4.71. The van der Waals surface area contributed by atoms with Gasteiger partial charge in [0.2, 0.25) is 0 Å². The van der Waals surface area contributed by atoms with Gasteiger partial charge in [-0.05, 0) is 35.2 Å². The van der Waals surface area contributed by atoms with Gasteiger partial charge in [0.15, 0.2) is 17.3 Å². The number of ether oxygens (including phenoxy) is 3. The summed E-state index contributed by atoms with van der Waals surface area (Å²) in [4.78, 5) is 12.8. The largest absolute Gasteiger partial charge is 0.507 e. The van der Waals surface area contributed by atoms with Gasteiger partial charge in [0, 0.05) is 41.5 Å². The number of hydrogen-bond donors (Lipinski definition) is 2. The first-order valence-electron chi connectivity index (χ1n) is 10.9. The van der Waals surface area contributed by atoms with Crippen molar-refractivity contribution in [2.75, 3.05) is 14.2 Å². The molecule has 0 atom stereocenters. The number of phenols is 1. The number of hydrogen-bond acceptors (Lipinski definition) is 6. The molecule has 33 heavy (non-hydrogen) atoms. The smallest absolute Gasteiger partial charge is 0.163 e. The number of Topliss-reactive ketones (excluding diaryl/α,β-unsaturated/α-hetero) is 1. The van der Waals surface area contributed by atoms with E-state index in [0.717, 1.165) is 16.9 Å². The highest BCUT2D eigenvalue weighted by Gasteiger charge is 2.37. The molecule has 2 aliphatic rings. The molecule has 1 aliphatic heterocycles. The molecule has 1 aromatic heterocycles. The first-order valence-corrected chi connectivity index (χ1v) is 10.9. The van der Waals surface area contributed by atoms with E-state index in [-0.39, 0.29) is 16.9 Å². The third-order valence-electron chi connectivity index (χ3n) is 6.38. The number of allylic oxidation sites excluding steroid dienone is 2. The number of aromatic hydroxyl groups is 1. The van der Waals surface area contributed by atoms with Gasteiger partial charge >= 0.3 is 0 Å². The lowest BCUT2D eigenvalue weighted by molar-refractivity contribution is -0.118. The second kappa shape index (κ2) is 7.69. The van der Waals surface area contributed by atoms with Crippen LogP contribution in [0, 0.1) is 5.41 Å². The van der Waals surface area contributed by atoms with Crippen LogP contribution in [-0.4, -0.2) is 35.3 Å². The van der Waals surface area contributed by atoms with E-state index < -0.39 is 0 Å². The predicted molar refractivity (Wildman–Crippen MR) is 124 cm³/mol. The van der Waals surface area contributed by atoms with Gasteiger partial charge in [-0.3, -0.25) is 9.89 Å². The number of carbonyl (C=O) groups is 1. The number of phenolic OH excluding ortho intramolecular Hbond substituents is 1. The molecule has 0 fully saturated rings. The molecule has 1 aliphatic carbocycles. The van der Waals surface area contributed by atoms with Crippen molar-refractivity contribution in [1.82, 2.24) is 10.2 Å². The molecule has 0 saturated heterocycles. The second-order valence-corrected chi connectivity index (χ2v) is 9.29. The Morgan fingerprint density at radius 3 is 2.61 bits per heavy atom. The van der Waals surface area contributed by atoms with Crippen LogP contribution in [0.5, 0.6) is 23.0 Å². The number of nitrogens with one attached hydrogen (secondary N) is 1. The molecule has 0 radical (unpaired) electrons. The lowest BCUT2D eigenvalue weighted by atomic mass is 9.74. The third kappa shape index (κ3) is 3.53. The molecule has 3 aromatic rings. The van der Waals surface area contributed by atoms with Crippen LogP contribution in [0.25, 0.3) is 22.4 Å². The SMILES string of the molecule is COc1ccc(-c2cn[nH]c2-c2ccc3c(c2O)CC2=C(CC(C)(C)CC2=O)O3)cc1OC. The van der Waals surface area contributed by atoms with Crippen LogP contribution in [-0.2, 0) is 11.2 Å². The molecule has 0 unspecified atom stereocenters. The number of carbonyl (C=O) groups excluding carboxylic acids is 1. The number of aromatic amines is 1. The van der Waals surface area contributed by atoms with Gasteiger partial charge in [-0.15, -0.1) is 0 Å². The molecule has 2 N–H and O–H groups in total. The van der Waals surface area contributed by atoms with Crippen LogP contribution in [0.1, 0.15) is 32.3 Å². The number of benzene rings is 2. The normalized spacial score (nSPS) is 16.7. The summed E-state index contributed by atoms with van der Waals surface area (Å²) in [6, 6.07) is 9.27. The summed E-state index contributed by atoms with van der Waals surface area (Å²) in [6.45, 7) is 4.14. The fourth-order valence-electron chi connectivity index (χ4n) is 4.71. The van der Waals surface area contributed by atoms with Crippen LogP contribution < -0.4 is 14.2 Å². The van der Waals surface area contributed by atoms with Crippen molar-refractivity contribution in [3.8, 4) is 45.4 Å². The van der Waals surface area contributed by atoms with Gasteiger partial charge in [-0.2, -0.15) is 5.10 Å². The molecule has 7 nitrogen and oxygen atoms in total. The summed E-state index contributed by atoms with van der Waals surface area (Å²) in [6.07, 6.45) is 3.26. The topological polar surface area (TPSA) is 93.7 Å². The standard InChI is InChI=1S/C26H26N2O5/c1-26(2)11-19(29)16-10-17-20(33-23(16)12-26)8-6-15(25(17)30)24-18(13-27-28-24)14-5-7-21(31-3)22(9-14)32-4/h5-9,13,30H,10-12H2,1-4H3,(H,27,28). The first-order chi connectivity index (χ1) is 15.8. The maximum absolute atomic E-state index is 12.8. The number of aromatic nitrogens is 2. The highest BCUT2D eigenvalue weighted by molar-refractivity contribution is 5.98. The van der Waals surface area contributed by atoms with Gasteiger partial charge in [0.25, 0.3) is 0 Å². The van der Waals surface area contributed by atoms with Gasteiger partial charge in [-0.25, -0.2) is 0 Å². The second-order valence-electron chi connectivity index (χ2n) is 9.29. The zero-order valence-electron chi connectivity index (χ0n) is 19.1. The quantitative estimate of drug-likeness (QED) is 0.583. The molecule has 0 amide bonds. The molecule has 0 bridgehead atoms. The summed E-state index contributed by atoms with van der Waals surface area (Å²) in [5.41, 5.74) is 4.08. The molecule has 170 valence electrons. The molecular weight excluding hydrogens is 420 g/mol. The lowest BCUT2D eigenvalue weighted by Crippen LogP contribution is -2.30. The first kappa shape index (κ1) is 21.1. The molecular formula is C26H26N2O5. The summed E-state index contributed by atoms with van der Waals surface area (Å²) in [5, 5.41) is 18.5. The summed E-state index contributed by atoms with van der Waals surface area (Å²) >= 11 is 0. The number of methoxy groups -OCH3 is 2. The Morgan fingerprint density at radius 2 is 1.85 bits per heavy atom. The van der Waals surface area contributed by atoms with Crippen molar-refractivity contribution in [3.05, 3.63) is 53.4 Å². The van der Waals surface area contributed by atoms with Crippen molar-refractivity contribution < 1.29 is 24.1 Å². The van der Waals surface area contributed by atoms with Gasteiger partial charge in [-0.1, -0.05) is 19.9 Å². The average molecular weight is 447 g/mol. The molecule has 2 heterocycles. The van der Waals surface area contributed by atoms with E-state index in [2.05, 4.69) is 24.0 Å². The predicted octanol–water partition coefficient (Wildman–Crippen LogP) is 5.04.